The largest absolute Gasteiger partial charge is 0.382 e. The number of alkyl halides is 1. The predicted octanol–water partition coefficient (Wildman–Crippen LogP) is 3.67. The fourth-order valence-corrected chi connectivity index (χ4v) is 2.13. The van der Waals surface area contributed by atoms with Crippen molar-refractivity contribution in [3.8, 4) is 0 Å². The van der Waals surface area contributed by atoms with Crippen molar-refractivity contribution >= 4 is 15.9 Å². The Bertz CT molecular complexity index is 248. The van der Waals surface area contributed by atoms with Crippen molar-refractivity contribution in [1.82, 2.24) is 0 Å². The Balaban J connectivity index is 2.33. The zero-order chi connectivity index (χ0) is 10.9. The average molecular weight is 271 g/mol. The fourth-order valence-electron chi connectivity index (χ4n) is 1.58. The molecule has 2 heteroatoms. The molecule has 0 amide bonds. The molecule has 1 nitrogen and oxygen atoms in total. The molecule has 0 saturated carbocycles. The van der Waals surface area contributed by atoms with E-state index in [2.05, 4.69) is 46.3 Å². The van der Waals surface area contributed by atoms with Crippen LogP contribution >= 0.6 is 15.9 Å². The van der Waals surface area contributed by atoms with E-state index in [1.54, 1.807) is 0 Å². The van der Waals surface area contributed by atoms with Crippen molar-refractivity contribution in [2.45, 2.75) is 19.8 Å². The summed E-state index contributed by atoms with van der Waals surface area (Å²) in [5.41, 5.74) is 1.42. The molecule has 1 rings (SSSR count). The maximum atomic E-state index is 5.38. The molecule has 0 aliphatic carbocycles. The monoisotopic (exact) mass is 270 g/mol. The zero-order valence-electron chi connectivity index (χ0n) is 9.29. The lowest BCUT2D eigenvalue weighted by Gasteiger charge is -2.13. The first-order valence-electron chi connectivity index (χ1n) is 5.54. The maximum Gasteiger partial charge on any atom is 0.0468 e. The normalized spacial score (nSPS) is 12.7. The minimum absolute atomic E-state index is 0.680. The molecule has 1 aromatic rings. The van der Waals surface area contributed by atoms with Gasteiger partial charge in [0.2, 0.25) is 0 Å². The van der Waals surface area contributed by atoms with E-state index >= 15 is 0 Å². The summed E-state index contributed by atoms with van der Waals surface area (Å²) in [5, 5.41) is 1.05. The summed E-state index contributed by atoms with van der Waals surface area (Å²) in [7, 11) is 0. The number of benzene rings is 1. The molecule has 84 valence electrons. The zero-order valence-corrected chi connectivity index (χ0v) is 10.9. The van der Waals surface area contributed by atoms with Crippen LogP contribution in [-0.2, 0) is 11.2 Å². The third-order valence-corrected chi connectivity index (χ3v) is 3.38. The Hall–Kier alpha value is -0.340. The fraction of sp³-hybridized carbons (Fsp3) is 0.538. The van der Waals surface area contributed by atoms with Crippen LogP contribution in [0.5, 0.6) is 0 Å². The van der Waals surface area contributed by atoms with Crippen LogP contribution in [0.3, 0.4) is 0 Å². The summed E-state index contributed by atoms with van der Waals surface area (Å²) in [6.45, 7) is 3.74. The molecule has 15 heavy (non-hydrogen) atoms. The summed E-state index contributed by atoms with van der Waals surface area (Å²) >= 11 is 3.57. The van der Waals surface area contributed by atoms with Crippen LogP contribution in [0.15, 0.2) is 30.3 Å². The lowest BCUT2D eigenvalue weighted by molar-refractivity contribution is 0.134. The maximum absolute atomic E-state index is 5.38. The van der Waals surface area contributed by atoms with Crippen molar-refractivity contribution in [3.05, 3.63) is 35.9 Å². The quantitative estimate of drug-likeness (QED) is 0.543. The summed E-state index contributed by atoms with van der Waals surface area (Å²) in [6, 6.07) is 10.6. The minimum atomic E-state index is 0.680. The molecule has 0 saturated heterocycles. The molecule has 0 fully saturated rings. The van der Waals surface area contributed by atoms with Gasteiger partial charge in [-0.15, -0.1) is 0 Å². The van der Waals surface area contributed by atoms with E-state index in [0.717, 1.165) is 31.4 Å². The Morgan fingerprint density at radius 1 is 1.27 bits per heavy atom. The van der Waals surface area contributed by atoms with Gasteiger partial charge in [-0.2, -0.15) is 0 Å². The Morgan fingerprint density at radius 2 is 2.00 bits per heavy atom. The molecular weight excluding hydrogens is 252 g/mol. The molecule has 0 radical (unpaired) electrons. The molecule has 0 aliphatic heterocycles. The van der Waals surface area contributed by atoms with Crippen LogP contribution in [0.2, 0.25) is 0 Å². The van der Waals surface area contributed by atoms with Gasteiger partial charge in [-0.25, -0.2) is 0 Å². The van der Waals surface area contributed by atoms with Gasteiger partial charge in [0.15, 0.2) is 0 Å². The lowest BCUT2D eigenvalue weighted by atomic mass is 9.98. The van der Waals surface area contributed by atoms with Crippen LogP contribution in [0.4, 0.5) is 0 Å². The van der Waals surface area contributed by atoms with Gasteiger partial charge in [0.1, 0.15) is 0 Å². The first kappa shape index (κ1) is 12.7. The van der Waals surface area contributed by atoms with Crippen LogP contribution in [0.25, 0.3) is 0 Å². The lowest BCUT2D eigenvalue weighted by Crippen LogP contribution is -2.10. The van der Waals surface area contributed by atoms with E-state index in [4.69, 9.17) is 4.74 Å². The topological polar surface area (TPSA) is 9.23 Å². The van der Waals surface area contributed by atoms with Crippen molar-refractivity contribution in [1.29, 1.82) is 0 Å². The highest BCUT2D eigenvalue weighted by molar-refractivity contribution is 9.09. The number of halogens is 1. The highest BCUT2D eigenvalue weighted by Crippen LogP contribution is 2.14. The predicted molar refractivity (Wildman–Crippen MR) is 68.5 cm³/mol. The van der Waals surface area contributed by atoms with Crippen molar-refractivity contribution in [3.63, 3.8) is 0 Å². The molecule has 1 unspecified atom stereocenters. The van der Waals surface area contributed by atoms with E-state index in [-0.39, 0.29) is 0 Å². The molecule has 0 bridgehead atoms. The third-order valence-electron chi connectivity index (χ3n) is 2.46. The second-order valence-electron chi connectivity index (χ2n) is 3.70. The molecule has 0 N–H and O–H groups in total. The van der Waals surface area contributed by atoms with Gasteiger partial charge in [-0.3, -0.25) is 0 Å². The molecule has 0 aliphatic rings. The average Bonchev–Trinajstić information content (AvgIpc) is 2.29. The first-order valence-corrected chi connectivity index (χ1v) is 6.66. The SMILES string of the molecule is CCOCCC(CBr)Cc1ccccc1. The van der Waals surface area contributed by atoms with E-state index in [0.29, 0.717) is 5.92 Å². The van der Waals surface area contributed by atoms with Gasteiger partial charge in [0.25, 0.3) is 0 Å². The summed E-state index contributed by atoms with van der Waals surface area (Å²) < 4.78 is 5.38. The van der Waals surface area contributed by atoms with Gasteiger partial charge in [0.05, 0.1) is 0 Å². The number of hydrogen-bond acceptors (Lipinski definition) is 1. The number of hydrogen-bond donors (Lipinski definition) is 0. The Morgan fingerprint density at radius 3 is 2.60 bits per heavy atom. The third kappa shape index (κ3) is 5.33. The smallest absolute Gasteiger partial charge is 0.0468 e. The molecule has 0 heterocycles. The highest BCUT2D eigenvalue weighted by Gasteiger charge is 2.07. The van der Waals surface area contributed by atoms with E-state index in [9.17, 15) is 0 Å². The van der Waals surface area contributed by atoms with Crippen molar-refractivity contribution in [2.24, 2.45) is 5.92 Å². The molecule has 0 spiro atoms. The van der Waals surface area contributed by atoms with Crippen LogP contribution in [0.1, 0.15) is 18.9 Å². The summed E-state index contributed by atoms with van der Waals surface area (Å²) in [4.78, 5) is 0. The van der Waals surface area contributed by atoms with E-state index < -0.39 is 0 Å². The van der Waals surface area contributed by atoms with Crippen LogP contribution in [0, 0.1) is 5.92 Å². The second-order valence-corrected chi connectivity index (χ2v) is 4.34. The van der Waals surface area contributed by atoms with Gasteiger partial charge in [-0.05, 0) is 31.2 Å². The Kier molecular flexibility index (Phi) is 6.69. The molecule has 1 aromatic carbocycles. The number of rotatable bonds is 7. The van der Waals surface area contributed by atoms with Crippen LogP contribution < -0.4 is 0 Å². The van der Waals surface area contributed by atoms with E-state index in [1.807, 2.05) is 6.92 Å². The van der Waals surface area contributed by atoms with Gasteiger partial charge in [-0.1, -0.05) is 46.3 Å². The second kappa shape index (κ2) is 7.89. The molecule has 1 atom stereocenters. The number of ether oxygens (including phenoxy) is 1. The standard InChI is InChI=1S/C13H19BrO/c1-2-15-9-8-13(11-14)10-12-6-4-3-5-7-12/h3-7,13H,2,8-11H2,1H3. The molecular formula is C13H19BrO. The van der Waals surface area contributed by atoms with Gasteiger partial charge < -0.3 is 4.74 Å². The van der Waals surface area contributed by atoms with Crippen LogP contribution in [-0.4, -0.2) is 18.5 Å². The summed E-state index contributed by atoms with van der Waals surface area (Å²) in [6.07, 6.45) is 2.27. The first-order chi connectivity index (χ1) is 7.36. The molecule has 0 aromatic heterocycles. The van der Waals surface area contributed by atoms with Gasteiger partial charge in [0, 0.05) is 18.5 Å². The minimum Gasteiger partial charge on any atom is -0.382 e. The highest BCUT2D eigenvalue weighted by atomic mass is 79.9. The van der Waals surface area contributed by atoms with Crippen molar-refractivity contribution < 1.29 is 4.74 Å². The summed E-state index contributed by atoms with van der Waals surface area (Å²) in [5.74, 6) is 0.680. The van der Waals surface area contributed by atoms with E-state index in [1.165, 1.54) is 5.56 Å². The van der Waals surface area contributed by atoms with Crippen molar-refractivity contribution in [2.75, 3.05) is 18.5 Å². The van der Waals surface area contributed by atoms with Gasteiger partial charge >= 0.3 is 0 Å². The Labute approximate surface area is 101 Å².